The molecule has 1 aromatic rings. The van der Waals surface area contributed by atoms with Crippen molar-refractivity contribution in [2.45, 2.75) is 13.0 Å². The van der Waals surface area contributed by atoms with E-state index in [2.05, 4.69) is 0 Å². The van der Waals surface area contributed by atoms with E-state index in [-0.39, 0.29) is 0 Å². The first-order chi connectivity index (χ1) is 6.11. The van der Waals surface area contributed by atoms with Gasteiger partial charge in [0, 0.05) is 15.6 Å². The van der Waals surface area contributed by atoms with Crippen LogP contribution >= 0.6 is 23.2 Å². The van der Waals surface area contributed by atoms with Crippen LogP contribution < -0.4 is 0 Å². The summed E-state index contributed by atoms with van der Waals surface area (Å²) < 4.78 is 0. The minimum Gasteiger partial charge on any atom is -0.389 e. The van der Waals surface area contributed by atoms with Crippen LogP contribution in [0.1, 0.15) is 12.5 Å². The summed E-state index contributed by atoms with van der Waals surface area (Å²) in [6.07, 6.45) is 2.86. The second kappa shape index (κ2) is 4.66. The fraction of sp³-hybridized carbons (Fsp3) is 0.200. The normalized spacial score (nSPS) is 13.5. The first-order valence-electron chi connectivity index (χ1n) is 3.91. The molecule has 0 fully saturated rings. The maximum Gasteiger partial charge on any atom is 0.0696 e. The van der Waals surface area contributed by atoms with Crippen LogP contribution in [0.4, 0.5) is 0 Å². The molecule has 1 atom stereocenters. The van der Waals surface area contributed by atoms with Crippen molar-refractivity contribution in [2.75, 3.05) is 0 Å². The summed E-state index contributed by atoms with van der Waals surface area (Å²) in [4.78, 5) is 0. The van der Waals surface area contributed by atoms with E-state index in [1.54, 1.807) is 37.3 Å². The number of aliphatic hydroxyl groups excluding tert-OH is 1. The molecule has 0 heterocycles. The van der Waals surface area contributed by atoms with E-state index in [0.29, 0.717) is 10.0 Å². The quantitative estimate of drug-likeness (QED) is 0.804. The second-order valence-corrected chi connectivity index (χ2v) is 3.55. The standard InChI is InChI=1S/C10H10Cl2O/c1-7(13)5-6-8-9(11)3-2-4-10(8)12/h2-7,13H,1H3/b6-5+. The first-order valence-corrected chi connectivity index (χ1v) is 4.67. The average Bonchev–Trinajstić information content (AvgIpc) is 2.03. The summed E-state index contributed by atoms with van der Waals surface area (Å²) in [5.41, 5.74) is 0.742. The van der Waals surface area contributed by atoms with E-state index in [1.807, 2.05) is 0 Å². The number of rotatable bonds is 2. The molecule has 0 aliphatic heterocycles. The van der Waals surface area contributed by atoms with Gasteiger partial charge in [-0.1, -0.05) is 41.4 Å². The van der Waals surface area contributed by atoms with Gasteiger partial charge in [0.25, 0.3) is 0 Å². The van der Waals surface area contributed by atoms with Crippen molar-refractivity contribution in [3.63, 3.8) is 0 Å². The lowest BCUT2D eigenvalue weighted by atomic mass is 10.2. The van der Waals surface area contributed by atoms with E-state index >= 15 is 0 Å². The van der Waals surface area contributed by atoms with Crippen LogP contribution in [0.25, 0.3) is 6.08 Å². The molecular formula is C10H10Cl2O. The van der Waals surface area contributed by atoms with Gasteiger partial charge in [-0.3, -0.25) is 0 Å². The van der Waals surface area contributed by atoms with E-state index in [0.717, 1.165) is 5.56 Å². The lowest BCUT2D eigenvalue weighted by Crippen LogP contribution is -1.91. The van der Waals surface area contributed by atoms with Gasteiger partial charge in [-0.15, -0.1) is 0 Å². The summed E-state index contributed by atoms with van der Waals surface area (Å²) in [6, 6.07) is 5.30. The Morgan fingerprint density at radius 3 is 2.31 bits per heavy atom. The predicted molar refractivity (Wildman–Crippen MR) is 57.2 cm³/mol. The van der Waals surface area contributed by atoms with Crippen molar-refractivity contribution < 1.29 is 5.11 Å². The van der Waals surface area contributed by atoms with E-state index in [4.69, 9.17) is 28.3 Å². The van der Waals surface area contributed by atoms with Gasteiger partial charge in [-0.05, 0) is 19.1 Å². The Kier molecular flexibility index (Phi) is 3.79. The summed E-state index contributed by atoms with van der Waals surface area (Å²) >= 11 is 11.8. The molecule has 1 unspecified atom stereocenters. The highest BCUT2D eigenvalue weighted by molar-refractivity contribution is 6.37. The molecular weight excluding hydrogens is 207 g/mol. The molecule has 13 heavy (non-hydrogen) atoms. The lowest BCUT2D eigenvalue weighted by molar-refractivity contribution is 0.245. The van der Waals surface area contributed by atoms with Gasteiger partial charge in [0.1, 0.15) is 0 Å². The highest BCUT2D eigenvalue weighted by Gasteiger charge is 2.00. The third kappa shape index (κ3) is 3.03. The number of hydrogen-bond donors (Lipinski definition) is 1. The molecule has 3 heteroatoms. The van der Waals surface area contributed by atoms with Crippen molar-refractivity contribution in [1.82, 2.24) is 0 Å². The van der Waals surface area contributed by atoms with Crippen molar-refractivity contribution in [1.29, 1.82) is 0 Å². The van der Waals surface area contributed by atoms with Gasteiger partial charge in [0.15, 0.2) is 0 Å². The number of benzene rings is 1. The molecule has 0 amide bonds. The molecule has 0 aliphatic carbocycles. The van der Waals surface area contributed by atoms with Crippen molar-refractivity contribution in [3.8, 4) is 0 Å². The molecule has 0 aliphatic rings. The van der Waals surface area contributed by atoms with Crippen LogP contribution in [0.15, 0.2) is 24.3 Å². The second-order valence-electron chi connectivity index (χ2n) is 2.74. The topological polar surface area (TPSA) is 20.2 Å². The van der Waals surface area contributed by atoms with Crippen LogP contribution in [0.5, 0.6) is 0 Å². The third-order valence-electron chi connectivity index (χ3n) is 1.54. The van der Waals surface area contributed by atoms with E-state index in [9.17, 15) is 0 Å². The summed E-state index contributed by atoms with van der Waals surface area (Å²) in [6.45, 7) is 1.67. The van der Waals surface area contributed by atoms with Gasteiger partial charge in [0.05, 0.1) is 6.10 Å². The molecule has 0 spiro atoms. The van der Waals surface area contributed by atoms with Gasteiger partial charge in [-0.25, -0.2) is 0 Å². The predicted octanol–water partition coefficient (Wildman–Crippen LogP) is 3.39. The van der Waals surface area contributed by atoms with Crippen molar-refractivity contribution in [2.24, 2.45) is 0 Å². The van der Waals surface area contributed by atoms with Crippen LogP contribution in [0.3, 0.4) is 0 Å². The minimum absolute atomic E-state index is 0.493. The minimum atomic E-state index is -0.493. The SMILES string of the molecule is CC(O)/C=C/c1c(Cl)cccc1Cl. The Morgan fingerprint density at radius 2 is 1.85 bits per heavy atom. The summed E-state index contributed by atoms with van der Waals surface area (Å²) in [7, 11) is 0. The van der Waals surface area contributed by atoms with Crippen LogP contribution in [-0.4, -0.2) is 11.2 Å². The molecule has 0 saturated heterocycles. The number of aliphatic hydroxyl groups is 1. The monoisotopic (exact) mass is 216 g/mol. The Morgan fingerprint density at radius 1 is 1.31 bits per heavy atom. The van der Waals surface area contributed by atoms with Gasteiger partial charge in [0.2, 0.25) is 0 Å². The Bertz CT molecular complexity index is 298. The third-order valence-corrected chi connectivity index (χ3v) is 2.20. The Labute approximate surface area is 87.6 Å². The van der Waals surface area contributed by atoms with Crippen LogP contribution in [-0.2, 0) is 0 Å². The Balaban J connectivity index is 3.00. The summed E-state index contributed by atoms with van der Waals surface area (Å²) in [5.74, 6) is 0. The molecule has 70 valence electrons. The molecule has 0 radical (unpaired) electrons. The highest BCUT2D eigenvalue weighted by Crippen LogP contribution is 2.25. The maximum atomic E-state index is 9.02. The molecule has 0 saturated carbocycles. The van der Waals surface area contributed by atoms with Gasteiger partial charge >= 0.3 is 0 Å². The fourth-order valence-electron chi connectivity index (χ4n) is 0.905. The summed E-state index contributed by atoms with van der Waals surface area (Å²) in [5, 5.41) is 10.2. The smallest absolute Gasteiger partial charge is 0.0696 e. The van der Waals surface area contributed by atoms with Gasteiger partial charge in [-0.2, -0.15) is 0 Å². The zero-order chi connectivity index (χ0) is 9.84. The molecule has 0 aromatic heterocycles. The number of halogens is 2. The van der Waals surface area contributed by atoms with Crippen molar-refractivity contribution >= 4 is 29.3 Å². The van der Waals surface area contributed by atoms with Crippen LogP contribution in [0.2, 0.25) is 10.0 Å². The molecule has 1 N–H and O–H groups in total. The Hall–Kier alpha value is -0.500. The highest BCUT2D eigenvalue weighted by atomic mass is 35.5. The molecule has 1 aromatic carbocycles. The molecule has 0 bridgehead atoms. The maximum absolute atomic E-state index is 9.02. The zero-order valence-corrected chi connectivity index (χ0v) is 8.68. The zero-order valence-electron chi connectivity index (χ0n) is 7.17. The first kappa shape index (κ1) is 10.6. The van der Waals surface area contributed by atoms with Gasteiger partial charge < -0.3 is 5.11 Å². The largest absolute Gasteiger partial charge is 0.389 e. The molecule has 1 rings (SSSR count). The van der Waals surface area contributed by atoms with Crippen molar-refractivity contribution in [3.05, 3.63) is 39.9 Å². The fourth-order valence-corrected chi connectivity index (χ4v) is 1.43. The lowest BCUT2D eigenvalue weighted by Gasteiger charge is -2.01. The molecule has 1 nitrogen and oxygen atoms in total. The van der Waals surface area contributed by atoms with E-state index in [1.165, 1.54) is 0 Å². The number of hydrogen-bond acceptors (Lipinski definition) is 1. The van der Waals surface area contributed by atoms with E-state index < -0.39 is 6.10 Å². The average molecular weight is 217 g/mol. The van der Waals surface area contributed by atoms with Crippen LogP contribution in [0, 0.1) is 0 Å².